The molecule has 3 rings (SSSR count). The van der Waals surface area contributed by atoms with Crippen molar-refractivity contribution in [3.05, 3.63) is 48.0 Å². The monoisotopic (exact) mass is 516 g/mol. The Morgan fingerprint density at radius 3 is 2.33 bits per heavy atom. The second-order valence-corrected chi connectivity index (χ2v) is 11.1. The molecular weight excluding hydrogens is 476 g/mol. The van der Waals surface area contributed by atoms with Gasteiger partial charge in [-0.2, -0.15) is 0 Å². The summed E-state index contributed by atoms with van der Waals surface area (Å²) in [6.07, 6.45) is 4.82. The molecule has 1 heterocycles. The van der Waals surface area contributed by atoms with Gasteiger partial charge in [0.1, 0.15) is 10.6 Å². The summed E-state index contributed by atoms with van der Waals surface area (Å²) in [7, 11) is -2.43. The number of amides is 1. The minimum absolute atomic E-state index is 0.162. The van der Waals surface area contributed by atoms with E-state index in [4.69, 9.17) is 9.88 Å². The van der Waals surface area contributed by atoms with Gasteiger partial charge in [0.15, 0.2) is 5.75 Å². The second-order valence-electron chi connectivity index (χ2n) is 9.52. The predicted octanol–water partition coefficient (Wildman–Crippen LogP) is 4.21. The van der Waals surface area contributed by atoms with Crippen molar-refractivity contribution < 1.29 is 17.9 Å². The van der Waals surface area contributed by atoms with Gasteiger partial charge in [-0.05, 0) is 62.5 Å². The lowest BCUT2D eigenvalue weighted by Gasteiger charge is -2.29. The molecular formula is C27H40N4O4S. The number of hydrogen-bond donors (Lipinski definition) is 2. The standard InChI is InChI=1S/C27H40N4O4S/c1-4-6-15-31(16-7-5-2)24-17-22(27(32)30(3)20-21-13-14-29-19-21)18-25(36(28,33)34)26(24)35-23-11-9-8-10-12-23/h8-12,17-18,21,29H,4-7,13-16,19-20H2,1-3H3,(H2,28,33,34). The summed E-state index contributed by atoms with van der Waals surface area (Å²) < 4.78 is 31.8. The molecule has 0 aliphatic carbocycles. The van der Waals surface area contributed by atoms with Crippen LogP contribution in [0, 0.1) is 5.92 Å². The molecule has 1 amide bonds. The Balaban J connectivity index is 2.12. The maximum atomic E-state index is 13.5. The lowest BCUT2D eigenvalue weighted by Crippen LogP contribution is -2.33. The first-order valence-corrected chi connectivity index (χ1v) is 14.4. The smallest absolute Gasteiger partial charge is 0.253 e. The van der Waals surface area contributed by atoms with E-state index in [2.05, 4.69) is 24.1 Å². The quantitative estimate of drug-likeness (QED) is 0.413. The SMILES string of the molecule is CCCCN(CCCC)c1cc(C(=O)N(C)CC2CCNC2)cc(S(N)(=O)=O)c1Oc1ccccc1. The molecule has 0 radical (unpaired) electrons. The number of benzene rings is 2. The van der Waals surface area contributed by atoms with Crippen LogP contribution in [0.5, 0.6) is 11.5 Å². The first-order valence-electron chi connectivity index (χ1n) is 12.9. The van der Waals surface area contributed by atoms with Crippen LogP contribution in [0.4, 0.5) is 5.69 Å². The molecule has 1 aliphatic rings. The summed E-state index contributed by atoms with van der Waals surface area (Å²) >= 11 is 0. The number of carbonyl (C=O) groups is 1. The largest absolute Gasteiger partial charge is 0.454 e. The highest BCUT2D eigenvalue weighted by molar-refractivity contribution is 7.89. The van der Waals surface area contributed by atoms with Crippen molar-refractivity contribution >= 4 is 21.6 Å². The van der Waals surface area contributed by atoms with Gasteiger partial charge in [0, 0.05) is 32.2 Å². The molecule has 1 saturated heterocycles. The highest BCUT2D eigenvalue weighted by Crippen LogP contribution is 2.40. The van der Waals surface area contributed by atoms with Gasteiger partial charge < -0.3 is 19.9 Å². The zero-order valence-corrected chi connectivity index (χ0v) is 22.5. The highest BCUT2D eigenvalue weighted by Gasteiger charge is 2.28. The average Bonchev–Trinajstić information content (AvgIpc) is 3.37. The highest BCUT2D eigenvalue weighted by atomic mass is 32.2. The summed E-state index contributed by atoms with van der Waals surface area (Å²) in [6, 6.07) is 12.2. The Morgan fingerprint density at radius 1 is 1.11 bits per heavy atom. The van der Waals surface area contributed by atoms with Crippen LogP contribution in [0.2, 0.25) is 0 Å². The number of carbonyl (C=O) groups excluding carboxylic acids is 1. The van der Waals surface area contributed by atoms with Crippen LogP contribution in [0.15, 0.2) is 47.4 Å². The number of nitrogens with two attached hydrogens (primary N) is 1. The topological polar surface area (TPSA) is 105 Å². The fourth-order valence-electron chi connectivity index (χ4n) is 4.48. The summed E-state index contributed by atoms with van der Waals surface area (Å²) in [5.74, 6) is 0.808. The lowest BCUT2D eigenvalue weighted by atomic mass is 10.1. The molecule has 8 nitrogen and oxygen atoms in total. The van der Waals surface area contributed by atoms with Crippen molar-refractivity contribution in [2.24, 2.45) is 11.1 Å². The van der Waals surface area contributed by atoms with Gasteiger partial charge in [-0.15, -0.1) is 0 Å². The van der Waals surface area contributed by atoms with Crippen LogP contribution in [-0.2, 0) is 10.0 Å². The fourth-order valence-corrected chi connectivity index (χ4v) is 5.17. The number of ether oxygens (including phenoxy) is 1. The Labute approximate surface area is 215 Å². The Bertz CT molecular complexity index is 1090. The van der Waals surface area contributed by atoms with E-state index >= 15 is 0 Å². The molecule has 0 spiro atoms. The van der Waals surface area contributed by atoms with E-state index in [9.17, 15) is 13.2 Å². The second kappa shape index (κ2) is 13.1. The number of nitrogens with one attached hydrogen (secondary N) is 1. The molecule has 0 aromatic heterocycles. The minimum Gasteiger partial charge on any atom is -0.454 e. The Hall–Kier alpha value is -2.62. The van der Waals surface area contributed by atoms with Crippen LogP contribution < -0.4 is 20.1 Å². The molecule has 1 aliphatic heterocycles. The number of rotatable bonds is 13. The van der Waals surface area contributed by atoms with E-state index in [0.717, 1.165) is 45.2 Å². The van der Waals surface area contributed by atoms with Crippen LogP contribution in [-0.4, -0.2) is 59.0 Å². The molecule has 1 atom stereocenters. The van der Waals surface area contributed by atoms with Crippen molar-refractivity contribution in [3.8, 4) is 11.5 Å². The first-order chi connectivity index (χ1) is 17.2. The van der Waals surface area contributed by atoms with Crippen LogP contribution in [0.3, 0.4) is 0 Å². The lowest BCUT2D eigenvalue weighted by molar-refractivity contribution is 0.0776. The van der Waals surface area contributed by atoms with Crippen molar-refractivity contribution in [1.29, 1.82) is 0 Å². The van der Waals surface area contributed by atoms with Gasteiger partial charge in [0.05, 0.1) is 5.69 Å². The Kier molecular flexibility index (Phi) is 10.2. The maximum Gasteiger partial charge on any atom is 0.253 e. The number of unbranched alkanes of at least 4 members (excludes halogenated alkanes) is 2. The van der Waals surface area contributed by atoms with Crippen LogP contribution in [0.25, 0.3) is 0 Å². The van der Waals surface area contributed by atoms with Crippen LogP contribution >= 0.6 is 0 Å². The molecule has 9 heteroatoms. The number of hydrogen-bond acceptors (Lipinski definition) is 6. The van der Waals surface area contributed by atoms with E-state index < -0.39 is 10.0 Å². The molecule has 2 aromatic carbocycles. The summed E-state index contributed by atoms with van der Waals surface area (Å²) in [6.45, 7) is 8.08. The molecule has 198 valence electrons. The van der Waals surface area contributed by atoms with E-state index in [0.29, 0.717) is 42.6 Å². The third-order valence-electron chi connectivity index (χ3n) is 6.50. The molecule has 1 fully saturated rings. The molecule has 3 N–H and O–H groups in total. The summed E-state index contributed by atoms with van der Waals surface area (Å²) in [5.41, 5.74) is 0.868. The molecule has 2 aromatic rings. The third-order valence-corrected chi connectivity index (χ3v) is 7.41. The van der Waals surface area contributed by atoms with Crippen molar-refractivity contribution in [2.45, 2.75) is 50.8 Å². The number of anilines is 1. The van der Waals surface area contributed by atoms with E-state index in [1.807, 2.05) is 18.2 Å². The molecule has 36 heavy (non-hydrogen) atoms. The van der Waals surface area contributed by atoms with Gasteiger partial charge in [-0.1, -0.05) is 44.9 Å². The van der Waals surface area contributed by atoms with Crippen LogP contribution in [0.1, 0.15) is 56.3 Å². The van der Waals surface area contributed by atoms with Gasteiger partial charge in [0.2, 0.25) is 10.0 Å². The van der Waals surface area contributed by atoms with Crippen molar-refractivity contribution in [3.63, 3.8) is 0 Å². The molecule has 1 unspecified atom stereocenters. The number of nitrogens with zero attached hydrogens (tertiary/aromatic N) is 2. The number of primary sulfonamides is 1. The predicted molar refractivity (Wildman–Crippen MR) is 144 cm³/mol. The van der Waals surface area contributed by atoms with E-state index in [-0.39, 0.29) is 16.6 Å². The zero-order chi connectivity index (χ0) is 26.1. The zero-order valence-electron chi connectivity index (χ0n) is 21.7. The normalized spacial score (nSPS) is 15.6. The third kappa shape index (κ3) is 7.44. The summed E-state index contributed by atoms with van der Waals surface area (Å²) in [5, 5.41) is 9.02. The van der Waals surface area contributed by atoms with Crippen molar-refractivity contribution in [1.82, 2.24) is 10.2 Å². The average molecular weight is 517 g/mol. The van der Waals surface area contributed by atoms with Crippen molar-refractivity contribution in [2.75, 3.05) is 44.7 Å². The molecule has 0 bridgehead atoms. The first kappa shape index (κ1) is 28.0. The minimum atomic E-state index is -4.19. The maximum absolute atomic E-state index is 13.5. The van der Waals surface area contributed by atoms with E-state index in [1.54, 1.807) is 30.1 Å². The Morgan fingerprint density at radius 2 is 1.78 bits per heavy atom. The van der Waals surface area contributed by atoms with Gasteiger partial charge in [-0.3, -0.25) is 4.79 Å². The van der Waals surface area contributed by atoms with Gasteiger partial charge in [-0.25, -0.2) is 13.6 Å². The fraction of sp³-hybridized carbons (Fsp3) is 0.519. The summed E-state index contributed by atoms with van der Waals surface area (Å²) in [4.78, 5) is 17.1. The number of sulfonamides is 1. The van der Waals surface area contributed by atoms with E-state index in [1.165, 1.54) is 6.07 Å². The van der Waals surface area contributed by atoms with Gasteiger partial charge in [0.25, 0.3) is 5.91 Å². The number of para-hydroxylation sites is 1. The van der Waals surface area contributed by atoms with Gasteiger partial charge >= 0.3 is 0 Å². The molecule has 0 saturated carbocycles.